The molecular formula is C29H41F2N5O4. The van der Waals surface area contributed by atoms with Crippen molar-refractivity contribution in [2.45, 2.75) is 88.0 Å². The molecule has 1 aromatic carbocycles. The second-order valence-corrected chi connectivity index (χ2v) is 11.7. The van der Waals surface area contributed by atoms with Gasteiger partial charge >= 0.3 is 0 Å². The summed E-state index contributed by atoms with van der Waals surface area (Å²) in [5.41, 5.74) is 0.907. The molecule has 1 aliphatic carbocycles. The van der Waals surface area contributed by atoms with E-state index in [4.69, 9.17) is 4.74 Å². The van der Waals surface area contributed by atoms with Crippen molar-refractivity contribution in [3.8, 4) is 5.75 Å². The van der Waals surface area contributed by atoms with Gasteiger partial charge in [-0.2, -0.15) is 0 Å². The predicted molar refractivity (Wildman–Crippen MR) is 145 cm³/mol. The first kappa shape index (κ1) is 28.7. The molecule has 5 unspecified atom stereocenters. The van der Waals surface area contributed by atoms with E-state index in [2.05, 4.69) is 20.9 Å². The molecule has 40 heavy (non-hydrogen) atoms. The Balaban J connectivity index is 1.39. The number of hydrogen-bond acceptors (Lipinski definition) is 6. The molecule has 5 atom stereocenters. The van der Waals surface area contributed by atoms with Gasteiger partial charge in [0.25, 0.3) is 0 Å². The van der Waals surface area contributed by atoms with Crippen LogP contribution < -0.4 is 20.7 Å². The number of carbonyl (C=O) groups excluding carboxylic acids is 3. The van der Waals surface area contributed by atoms with Crippen molar-refractivity contribution in [1.82, 2.24) is 25.8 Å². The average molecular weight is 562 g/mol. The summed E-state index contributed by atoms with van der Waals surface area (Å²) in [5, 5.41) is 8.92. The number of benzene rings is 1. The van der Waals surface area contributed by atoms with E-state index >= 15 is 0 Å². The van der Waals surface area contributed by atoms with Crippen LogP contribution in [0.4, 0.5) is 8.78 Å². The number of piperazine rings is 1. The summed E-state index contributed by atoms with van der Waals surface area (Å²) in [7, 11) is 1.65. The molecule has 3 N–H and O–H groups in total. The molecule has 3 aliphatic heterocycles. The number of hydrogen-bond donors (Lipinski definition) is 3. The van der Waals surface area contributed by atoms with E-state index in [1.54, 1.807) is 18.9 Å². The lowest BCUT2D eigenvalue weighted by Crippen LogP contribution is -2.66. The minimum absolute atomic E-state index is 0.136. The highest BCUT2D eigenvalue weighted by atomic mass is 19.3. The van der Waals surface area contributed by atoms with E-state index in [0.717, 1.165) is 30.7 Å². The maximum Gasteiger partial charge on any atom is 0.248 e. The summed E-state index contributed by atoms with van der Waals surface area (Å²) in [5.74, 6) is -3.41. The van der Waals surface area contributed by atoms with Crippen LogP contribution in [0.5, 0.6) is 5.75 Å². The third-order valence-electron chi connectivity index (χ3n) is 9.17. The molecule has 0 bridgehead atoms. The predicted octanol–water partition coefficient (Wildman–Crippen LogP) is 2.22. The van der Waals surface area contributed by atoms with Crippen molar-refractivity contribution < 1.29 is 27.9 Å². The SMILES string of the molecule is CNC(C)C(=O)NC(C(=O)N1CC2CCCN2CC1C(=O)NC1CCOc2ccccc21)C1CCC(F)(F)CC1. The van der Waals surface area contributed by atoms with Gasteiger partial charge in [-0.05, 0) is 58.2 Å². The van der Waals surface area contributed by atoms with Gasteiger partial charge in [-0.25, -0.2) is 8.78 Å². The van der Waals surface area contributed by atoms with Crippen LogP contribution in [0.2, 0.25) is 0 Å². The third-order valence-corrected chi connectivity index (χ3v) is 9.17. The topological polar surface area (TPSA) is 103 Å². The molecule has 3 heterocycles. The summed E-state index contributed by atoms with van der Waals surface area (Å²) in [6.07, 6.45) is 2.17. The largest absolute Gasteiger partial charge is 0.493 e. The lowest BCUT2D eigenvalue weighted by molar-refractivity contribution is -0.150. The van der Waals surface area contributed by atoms with E-state index in [1.165, 1.54) is 0 Å². The highest BCUT2D eigenvalue weighted by Gasteiger charge is 2.47. The Bertz CT molecular complexity index is 1090. The lowest BCUT2D eigenvalue weighted by atomic mass is 9.81. The Labute approximate surface area is 234 Å². The number of fused-ring (bicyclic) bond motifs is 2. The Morgan fingerprint density at radius 2 is 1.82 bits per heavy atom. The minimum Gasteiger partial charge on any atom is -0.493 e. The molecule has 2 saturated heterocycles. The number of halogens is 2. The molecular weight excluding hydrogens is 520 g/mol. The van der Waals surface area contributed by atoms with Crippen LogP contribution in [0.25, 0.3) is 0 Å². The quantitative estimate of drug-likeness (QED) is 0.472. The maximum atomic E-state index is 14.3. The smallest absolute Gasteiger partial charge is 0.248 e. The zero-order chi connectivity index (χ0) is 28.4. The number of rotatable bonds is 7. The third kappa shape index (κ3) is 6.10. The van der Waals surface area contributed by atoms with E-state index in [9.17, 15) is 23.2 Å². The molecule has 220 valence electrons. The first-order chi connectivity index (χ1) is 19.2. The summed E-state index contributed by atoms with van der Waals surface area (Å²) >= 11 is 0. The zero-order valence-corrected chi connectivity index (χ0v) is 23.3. The van der Waals surface area contributed by atoms with Crippen LogP contribution in [0.1, 0.15) is 63.5 Å². The van der Waals surface area contributed by atoms with Crippen molar-refractivity contribution in [1.29, 1.82) is 0 Å². The fourth-order valence-electron chi connectivity index (χ4n) is 6.61. The van der Waals surface area contributed by atoms with Gasteiger partial charge in [0.2, 0.25) is 23.6 Å². The molecule has 0 spiro atoms. The zero-order valence-electron chi connectivity index (χ0n) is 23.3. The molecule has 3 amide bonds. The number of nitrogens with zero attached hydrogens (tertiary/aromatic N) is 2. The first-order valence-corrected chi connectivity index (χ1v) is 14.6. The fraction of sp³-hybridized carbons (Fsp3) is 0.690. The van der Waals surface area contributed by atoms with Gasteiger partial charge in [0.15, 0.2) is 0 Å². The number of nitrogens with one attached hydrogen (secondary N) is 3. The van der Waals surface area contributed by atoms with Crippen molar-refractivity contribution in [3.05, 3.63) is 29.8 Å². The Kier molecular flexibility index (Phi) is 8.61. The van der Waals surface area contributed by atoms with E-state index < -0.39 is 30.0 Å². The molecule has 3 fully saturated rings. The summed E-state index contributed by atoms with van der Waals surface area (Å²) in [6, 6.07) is 5.25. The Morgan fingerprint density at radius 1 is 1.07 bits per heavy atom. The fourth-order valence-corrected chi connectivity index (χ4v) is 6.61. The van der Waals surface area contributed by atoms with E-state index in [1.807, 2.05) is 24.3 Å². The molecule has 4 aliphatic rings. The standard InChI is InChI=1S/C29H41F2N5O4/c1-18(32-2)26(37)34-25(19-9-12-29(30,31)13-10-19)28(39)36-16-20-6-5-14-35(20)17-23(36)27(38)33-22-11-15-40-24-8-4-3-7-21(22)24/h3-4,7-8,18-20,22-23,25,32H,5-6,9-17H2,1-2H3,(H,33,38)(H,34,37). The molecule has 9 nitrogen and oxygen atoms in total. The number of ether oxygens (including phenoxy) is 1. The van der Waals surface area contributed by atoms with Crippen LogP contribution in [-0.2, 0) is 14.4 Å². The highest BCUT2D eigenvalue weighted by molar-refractivity contribution is 5.93. The number of carbonyl (C=O) groups is 3. The molecule has 5 rings (SSSR count). The maximum absolute atomic E-state index is 14.3. The first-order valence-electron chi connectivity index (χ1n) is 14.6. The second kappa shape index (κ2) is 12.0. The minimum atomic E-state index is -2.76. The van der Waals surface area contributed by atoms with Gasteiger partial charge in [-0.15, -0.1) is 0 Å². The normalized spacial score (nSPS) is 28.0. The molecule has 1 aromatic rings. The van der Waals surface area contributed by atoms with Crippen LogP contribution in [-0.4, -0.2) is 90.9 Å². The lowest BCUT2D eigenvalue weighted by Gasteiger charge is -2.45. The van der Waals surface area contributed by atoms with Crippen LogP contribution in [0.15, 0.2) is 24.3 Å². The monoisotopic (exact) mass is 561 g/mol. The molecule has 0 aromatic heterocycles. The summed E-state index contributed by atoms with van der Waals surface area (Å²) in [4.78, 5) is 45.0. The summed E-state index contributed by atoms with van der Waals surface area (Å²) in [6.45, 7) is 3.81. The van der Waals surface area contributed by atoms with Gasteiger partial charge in [-0.3, -0.25) is 19.3 Å². The van der Waals surface area contributed by atoms with Gasteiger partial charge in [-0.1, -0.05) is 18.2 Å². The van der Waals surface area contributed by atoms with E-state index in [-0.39, 0.29) is 55.5 Å². The Hall–Kier alpha value is -2.79. The van der Waals surface area contributed by atoms with Crippen molar-refractivity contribution in [2.24, 2.45) is 5.92 Å². The number of amides is 3. The average Bonchev–Trinajstić information content (AvgIpc) is 3.42. The Morgan fingerprint density at radius 3 is 2.58 bits per heavy atom. The molecule has 0 radical (unpaired) electrons. The molecule has 11 heteroatoms. The van der Waals surface area contributed by atoms with Gasteiger partial charge in [0.1, 0.15) is 17.8 Å². The van der Waals surface area contributed by atoms with Gasteiger partial charge in [0.05, 0.1) is 18.7 Å². The van der Waals surface area contributed by atoms with Crippen LogP contribution in [0, 0.1) is 5.92 Å². The number of para-hydroxylation sites is 1. The van der Waals surface area contributed by atoms with Crippen LogP contribution in [0.3, 0.4) is 0 Å². The van der Waals surface area contributed by atoms with Crippen LogP contribution >= 0.6 is 0 Å². The van der Waals surface area contributed by atoms with Crippen molar-refractivity contribution in [3.63, 3.8) is 0 Å². The van der Waals surface area contributed by atoms with Gasteiger partial charge < -0.3 is 25.6 Å². The highest BCUT2D eigenvalue weighted by Crippen LogP contribution is 2.38. The molecule has 1 saturated carbocycles. The van der Waals surface area contributed by atoms with E-state index in [0.29, 0.717) is 26.1 Å². The number of alkyl halides is 2. The van der Waals surface area contributed by atoms with Gasteiger partial charge in [0, 0.05) is 44.0 Å². The summed E-state index contributed by atoms with van der Waals surface area (Å²) < 4.78 is 33.8. The second-order valence-electron chi connectivity index (χ2n) is 11.7. The van der Waals surface area contributed by atoms with Crippen molar-refractivity contribution in [2.75, 3.05) is 33.3 Å². The van der Waals surface area contributed by atoms with Crippen molar-refractivity contribution >= 4 is 17.7 Å². The number of likely N-dealkylation sites (N-methyl/N-ethyl adjacent to an activating group) is 1.